The molecule has 7 nitrogen and oxygen atoms in total. The number of carbonyl (C=O) groups is 3. The number of hydrogen-bond donors (Lipinski definition) is 2. The van der Waals surface area contributed by atoms with Crippen molar-refractivity contribution in [1.29, 1.82) is 0 Å². The molecule has 0 saturated carbocycles. The van der Waals surface area contributed by atoms with Crippen LogP contribution in [0.2, 0.25) is 0 Å². The minimum atomic E-state index is -1.18. The number of hydrogen-bond acceptors (Lipinski definition) is 5. The summed E-state index contributed by atoms with van der Waals surface area (Å²) in [5.74, 6) is -2.49. The molecular weight excluding hydrogens is 324 g/mol. The molecule has 3 N–H and O–H groups in total. The van der Waals surface area contributed by atoms with E-state index in [-0.39, 0.29) is 24.5 Å². The Balaban J connectivity index is 2.81. The van der Waals surface area contributed by atoms with Crippen molar-refractivity contribution in [3.8, 4) is 11.5 Å². The van der Waals surface area contributed by atoms with Crippen LogP contribution < -0.4 is 10.5 Å². The van der Waals surface area contributed by atoms with Crippen LogP contribution in [0.25, 0.3) is 0 Å². The highest BCUT2D eigenvalue weighted by Gasteiger charge is 2.25. The molecule has 3 amide bonds. The number of nitrogens with two attached hydrogens (primary N) is 1. The first-order valence-electron chi connectivity index (χ1n) is 8.40. The van der Waals surface area contributed by atoms with E-state index in [1.807, 2.05) is 0 Å². The highest BCUT2D eigenvalue weighted by atomic mass is 16.5. The van der Waals surface area contributed by atoms with Crippen LogP contribution >= 0.6 is 0 Å². The molecule has 0 bridgehead atoms. The number of imide groups is 1. The Morgan fingerprint density at radius 1 is 1.16 bits per heavy atom. The van der Waals surface area contributed by atoms with E-state index in [0.717, 1.165) is 30.6 Å². The maximum absolute atomic E-state index is 12.4. The van der Waals surface area contributed by atoms with Gasteiger partial charge in [0.05, 0.1) is 13.7 Å². The smallest absolute Gasteiger partial charge is 0.318 e. The Labute approximate surface area is 147 Å². The Morgan fingerprint density at radius 2 is 1.84 bits per heavy atom. The summed E-state index contributed by atoms with van der Waals surface area (Å²) in [5, 5.41) is 9.62. The summed E-state index contributed by atoms with van der Waals surface area (Å²) < 4.78 is 5.01. The second-order valence-corrected chi connectivity index (χ2v) is 5.82. The van der Waals surface area contributed by atoms with Gasteiger partial charge in [-0.3, -0.25) is 19.3 Å². The van der Waals surface area contributed by atoms with Gasteiger partial charge in [0.1, 0.15) is 0 Å². The molecule has 1 rings (SSSR count). The quantitative estimate of drug-likeness (QED) is 0.523. The second kappa shape index (κ2) is 10.3. The number of phenolic OH excluding ortho intramolecular Hbond substituents is 1. The minimum Gasteiger partial charge on any atom is -0.504 e. The van der Waals surface area contributed by atoms with Crippen molar-refractivity contribution in [2.24, 2.45) is 5.73 Å². The molecule has 0 spiro atoms. The summed E-state index contributed by atoms with van der Waals surface area (Å²) in [7, 11) is 1.40. The number of primary amides is 1. The van der Waals surface area contributed by atoms with Crippen molar-refractivity contribution in [3.05, 3.63) is 23.8 Å². The predicted octanol–water partition coefficient (Wildman–Crippen LogP) is 2.10. The summed E-state index contributed by atoms with van der Waals surface area (Å²) >= 11 is 0. The van der Waals surface area contributed by atoms with E-state index in [4.69, 9.17) is 10.5 Å². The predicted molar refractivity (Wildman–Crippen MR) is 92.8 cm³/mol. The summed E-state index contributed by atoms with van der Waals surface area (Å²) in [6, 6.07) is 4.45. The number of unbranched alkanes of at least 4 members (excludes halogenated alkanes) is 4. The number of rotatable bonds is 9. The van der Waals surface area contributed by atoms with Gasteiger partial charge in [-0.1, -0.05) is 38.7 Å². The minimum absolute atomic E-state index is 0.0544. The molecule has 0 aliphatic carbocycles. The van der Waals surface area contributed by atoms with Crippen molar-refractivity contribution in [3.63, 3.8) is 0 Å². The van der Waals surface area contributed by atoms with E-state index in [2.05, 4.69) is 6.92 Å². The Kier molecular flexibility index (Phi) is 8.46. The van der Waals surface area contributed by atoms with Gasteiger partial charge in [-0.25, -0.2) is 0 Å². The van der Waals surface area contributed by atoms with Crippen LogP contribution in [-0.4, -0.2) is 34.8 Å². The highest BCUT2D eigenvalue weighted by molar-refractivity contribution is 6.37. The summed E-state index contributed by atoms with van der Waals surface area (Å²) in [6.07, 6.45) is 4.96. The van der Waals surface area contributed by atoms with Crippen LogP contribution in [0.3, 0.4) is 0 Å². The molecule has 0 heterocycles. The van der Waals surface area contributed by atoms with E-state index in [1.165, 1.54) is 19.2 Å². The number of phenols is 1. The average Bonchev–Trinajstić information content (AvgIpc) is 2.59. The molecule has 1 aromatic rings. The number of aromatic hydroxyl groups is 1. The highest BCUT2D eigenvalue weighted by Crippen LogP contribution is 2.27. The van der Waals surface area contributed by atoms with Crippen LogP contribution in [0.15, 0.2) is 18.2 Å². The lowest BCUT2D eigenvalue weighted by Crippen LogP contribution is -2.43. The third-order valence-corrected chi connectivity index (χ3v) is 3.84. The topological polar surface area (TPSA) is 110 Å². The van der Waals surface area contributed by atoms with Crippen molar-refractivity contribution in [2.45, 2.75) is 52.0 Å². The summed E-state index contributed by atoms with van der Waals surface area (Å²) in [5.41, 5.74) is 5.60. The standard InChI is InChI=1S/C18H26N2O5/c1-3-4-5-6-7-8-16(22)20(18(24)17(19)23)12-13-9-10-14(21)15(11-13)25-2/h9-11,21H,3-8,12H2,1-2H3,(H2,19,23). The van der Waals surface area contributed by atoms with Gasteiger partial charge >= 0.3 is 11.8 Å². The van der Waals surface area contributed by atoms with Crippen LogP contribution in [-0.2, 0) is 20.9 Å². The van der Waals surface area contributed by atoms with Crippen molar-refractivity contribution >= 4 is 17.7 Å². The maximum atomic E-state index is 12.4. The fourth-order valence-electron chi connectivity index (χ4n) is 2.42. The second-order valence-electron chi connectivity index (χ2n) is 5.82. The third-order valence-electron chi connectivity index (χ3n) is 3.84. The van der Waals surface area contributed by atoms with Gasteiger partial charge in [0.2, 0.25) is 5.91 Å². The first kappa shape index (κ1) is 20.5. The molecule has 25 heavy (non-hydrogen) atoms. The summed E-state index contributed by atoms with van der Waals surface area (Å²) in [4.78, 5) is 36.5. The number of carbonyl (C=O) groups excluding carboxylic acids is 3. The zero-order valence-corrected chi connectivity index (χ0v) is 14.8. The lowest BCUT2D eigenvalue weighted by atomic mass is 10.1. The maximum Gasteiger partial charge on any atom is 0.318 e. The SMILES string of the molecule is CCCCCCCC(=O)N(Cc1ccc(O)c(OC)c1)C(=O)C(N)=O. The summed E-state index contributed by atoms with van der Waals surface area (Å²) in [6.45, 7) is 2.00. The number of nitrogens with zero attached hydrogens (tertiary/aromatic N) is 1. The van der Waals surface area contributed by atoms with E-state index < -0.39 is 17.7 Å². The van der Waals surface area contributed by atoms with Gasteiger partial charge in [-0.15, -0.1) is 0 Å². The molecule has 0 fully saturated rings. The van der Waals surface area contributed by atoms with Crippen LogP contribution in [0.1, 0.15) is 51.0 Å². The molecule has 0 aromatic heterocycles. The van der Waals surface area contributed by atoms with Gasteiger partial charge in [0.15, 0.2) is 11.5 Å². The van der Waals surface area contributed by atoms with E-state index >= 15 is 0 Å². The zero-order chi connectivity index (χ0) is 18.8. The lowest BCUT2D eigenvalue weighted by molar-refractivity contribution is -0.152. The number of ether oxygens (including phenoxy) is 1. The molecular formula is C18H26N2O5. The number of methoxy groups -OCH3 is 1. The fourth-order valence-corrected chi connectivity index (χ4v) is 2.42. The Bertz CT molecular complexity index is 615. The van der Waals surface area contributed by atoms with Gasteiger partial charge in [-0.2, -0.15) is 0 Å². The largest absolute Gasteiger partial charge is 0.504 e. The van der Waals surface area contributed by atoms with Crippen LogP contribution in [0.5, 0.6) is 11.5 Å². The van der Waals surface area contributed by atoms with Gasteiger partial charge in [-0.05, 0) is 24.1 Å². The molecule has 0 aliphatic heterocycles. The van der Waals surface area contributed by atoms with E-state index in [9.17, 15) is 19.5 Å². The Hall–Kier alpha value is -2.57. The van der Waals surface area contributed by atoms with Gasteiger partial charge in [0.25, 0.3) is 0 Å². The first-order chi connectivity index (χ1) is 11.9. The first-order valence-corrected chi connectivity index (χ1v) is 8.40. The zero-order valence-electron chi connectivity index (χ0n) is 14.8. The van der Waals surface area contributed by atoms with Crippen molar-refractivity contribution in [1.82, 2.24) is 4.90 Å². The normalized spacial score (nSPS) is 10.3. The lowest BCUT2D eigenvalue weighted by Gasteiger charge is -2.20. The monoisotopic (exact) mass is 350 g/mol. The number of benzene rings is 1. The Morgan fingerprint density at radius 3 is 2.44 bits per heavy atom. The third kappa shape index (κ3) is 6.45. The molecule has 7 heteroatoms. The molecule has 1 aromatic carbocycles. The fraction of sp³-hybridized carbons (Fsp3) is 0.500. The molecule has 0 saturated heterocycles. The molecule has 0 unspecified atom stereocenters. The number of amides is 3. The van der Waals surface area contributed by atoms with Gasteiger partial charge in [0, 0.05) is 6.42 Å². The molecule has 0 atom stereocenters. The van der Waals surface area contributed by atoms with Crippen molar-refractivity contribution in [2.75, 3.05) is 7.11 Å². The average molecular weight is 350 g/mol. The van der Waals surface area contributed by atoms with Crippen LogP contribution in [0.4, 0.5) is 0 Å². The van der Waals surface area contributed by atoms with Gasteiger partial charge < -0.3 is 15.6 Å². The molecule has 0 radical (unpaired) electrons. The van der Waals surface area contributed by atoms with Crippen LogP contribution in [0, 0.1) is 0 Å². The van der Waals surface area contributed by atoms with E-state index in [0.29, 0.717) is 12.0 Å². The molecule has 0 aliphatic rings. The van der Waals surface area contributed by atoms with E-state index in [1.54, 1.807) is 6.07 Å². The van der Waals surface area contributed by atoms with Crippen molar-refractivity contribution < 1.29 is 24.2 Å². The molecule has 138 valence electrons.